The maximum Gasteiger partial charge on any atom is 0.316 e. The van der Waals surface area contributed by atoms with Gasteiger partial charge in [0.15, 0.2) is 0 Å². The maximum absolute atomic E-state index is 10.9. The van der Waals surface area contributed by atoms with E-state index in [1.54, 1.807) is 11.3 Å². The molecule has 1 aromatic heterocycles. The van der Waals surface area contributed by atoms with E-state index < -0.39 is 5.97 Å². The highest BCUT2D eigenvalue weighted by molar-refractivity contribution is 7.99. The Kier molecular flexibility index (Phi) is 4.99. The van der Waals surface area contributed by atoms with Crippen molar-refractivity contribution >= 4 is 29.1 Å². The average Bonchev–Trinajstić information content (AvgIpc) is 2.89. The second kappa shape index (κ2) is 6.73. The normalized spacial score (nSPS) is 12.3. The first-order valence-electron chi connectivity index (χ1n) is 6.05. The third-order valence-corrected chi connectivity index (χ3v) is 4.99. The van der Waals surface area contributed by atoms with Crippen LogP contribution in [-0.4, -0.2) is 21.3 Å². The zero-order chi connectivity index (χ0) is 13.7. The van der Waals surface area contributed by atoms with Crippen LogP contribution in [0, 0.1) is 0 Å². The molecule has 0 saturated heterocycles. The third kappa shape index (κ3) is 3.81. The fourth-order valence-corrected chi connectivity index (χ4v) is 3.47. The molecule has 2 rings (SSSR count). The molecule has 0 spiro atoms. The molecular weight excluding hydrogens is 278 g/mol. The Labute approximate surface area is 120 Å². The van der Waals surface area contributed by atoms with E-state index in [0.717, 1.165) is 16.3 Å². The van der Waals surface area contributed by atoms with E-state index in [1.807, 2.05) is 42.6 Å². The number of aliphatic carboxylic acids is 1. The Balaban J connectivity index is 2.00. The van der Waals surface area contributed by atoms with Gasteiger partial charge >= 0.3 is 5.97 Å². The minimum absolute atomic E-state index is 0.345. The van der Waals surface area contributed by atoms with Crippen molar-refractivity contribution in [3.05, 3.63) is 41.4 Å². The van der Waals surface area contributed by atoms with Crippen LogP contribution in [-0.2, 0) is 10.5 Å². The minimum atomic E-state index is -0.744. The molecule has 0 amide bonds. The number of aromatic nitrogens is 1. The lowest BCUT2D eigenvalue weighted by atomic mass is 10.2. The number of thioether (sulfide) groups is 1. The van der Waals surface area contributed by atoms with Crippen LogP contribution < -0.4 is 0 Å². The van der Waals surface area contributed by atoms with Crippen molar-refractivity contribution in [3.63, 3.8) is 0 Å². The molecular formula is C14H15NO2S2. The molecule has 0 aliphatic carbocycles. The Morgan fingerprint density at radius 2 is 2.16 bits per heavy atom. The molecule has 5 heteroatoms. The minimum Gasteiger partial charge on any atom is -0.480 e. The lowest BCUT2D eigenvalue weighted by molar-refractivity contribution is -0.136. The molecule has 0 bridgehead atoms. The van der Waals surface area contributed by atoms with Gasteiger partial charge in [0, 0.05) is 16.7 Å². The Morgan fingerprint density at radius 1 is 1.42 bits per heavy atom. The SMILES string of the molecule is CCC(SCc1csc(-c2ccccc2)n1)C(=O)O. The summed E-state index contributed by atoms with van der Waals surface area (Å²) in [6, 6.07) is 10.0. The van der Waals surface area contributed by atoms with E-state index in [1.165, 1.54) is 11.8 Å². The van der Waals surface area contributed by atoms with E-state index in [2.05, 4.69) is 4.98 Å². The first-order valence-corrected chi connectivity index (χ1v) is 7.97. The highest BCUT2D eigenvalue weighted by Gasteiger charge is 2.16. The highest BCUT2D eigenvalue weighted by atomic mass is 32.2. The summed E-state index contributed by atoms with van der Waals surface area (Å²) >= 11 is 3.03. The fraction of sp³-hybridized carbons (Fsp3) is 0.286. The monoisotopic (exact) mass is 293 g/mol. The average molecular weight is 293 g/mol. The molecule has 0 saturated carbocycles. The number of hydrogen-bond acceptors (Lipinski definition) is 4. The summed E-state index contributed by atoms with van der Waals surface area (Å²) in [4.78, 5) is 15.5. The quantitative estimate of drug-likeness (QED) is 0.877. The molecule has 19 heavy (non-hydrogen) atoms. The number of hydrogen-bond donors (Lipinski definition) is 1. The van der Waals surface area contributed by atoms with Crippen LogP contribution in [0.5, 0.6) is 0 Å². The highest BCUT2D eigenvalue weighted by Crippen LogP contribution is 2.26. The molecule has 3 nitrogen and oxygen atoms in total. The number of carboxylic acids is 1. The number of nitrogens with zero attached hydrogens (tertiary/aromatic N) is 1. The zero-order valence-electron chi connectivity index (χ0n) is 10.6. The van der Waals surface area contributed by atoms with E-state index >= 15 is 0 Å². The van der Waals surface area contributed by atoms with Gasteiger partial charge in [0.1, 0.15) is 10.3 Å². The van der Waals surface area contributed by atoms with Crippen LogP contribution in [0.3, 0.4) is 0 Å². The van der Waals surface area contributed by atoms with Gasteiger partial charge < -0.3 is 5.11 Å². The second-order valence-corrected chi connectivity index (χ2v) is 6.11. The predicted octanol–water partition coefficient (Wildman–Crippen LogP) is 3.91. The molecule has 100 valence electrons. The van der Waals surface area contributed by atoms with Gasteiger partial charge in [-0.25, -0.2) is 4.98 Å². The standard InChI is InChI=1S/C14H15NO2S2/c1-2-12(14(16)17)18-8-11-9-19-13(15-11)10-6-4-3-5-7-10/h3-7,9,12H,2,8H2,1H3,(H,16,17). The van der Waals surface area contributed by atoms with Gasteiger partial charge in [0.2, 0.25) is 0 Å². The first-order chi connectivity index (χ1) is 9.20. The molecule has 1 heterocycles. The van der Waals surface area contributed by atoms with Gasteiger partial charge in [-0.2, -0.15) is 0 Å². The molecule has 0 fully saturated rings. The molecule has 1 unspecified atom stereocenters. The smallest absolute Gasteiger partial charge is 0.316 e. The predicted molar refractivity (Wildman–Crippen MR) is 80.6 cm³/mol. The van der Waals surface area contributed by atoms with Gasteiger partial charge in [-0.05, 0) is 6.42 Å². The van der Waals surface area contributed by atoms with E-state index in [4.69, 9.17) is 5.11 Å². The Hall–Kier alpha value is -1.33. The van der Waals surface area contributed by atoms with Crippen LogP contribution in [0.15, 0.2) is 35.7 Å². The number of benzene rings is 1. The summed E-state index contributed by atoms with van der Waals surface area (Å²) in [5.41, 5.74) is 2.06. The summed E-state index contributed by atoms with van der Waals surface area (Å²) in [5, 5.41) is 11.6. The summed E-state index contributed by atoms with van der Waals surface area (Å²) in [6.45, 7) is 1.89. The van der Waals surface area contributed by atoms with Gasteiger partial charge in [0.05, 0.1) is 5.69 Å². The van der Waals surface area contributed by atoms with Crippen molar-refractivity contribution in [2.75, 3.05) is 0 Å². The van der Waals surface area contributed by atoms with Gasteiger partial charge in [-0.3, -0.25) is 4.79 Å². The molecule has 0 aliphatic rings. The van der Waals surface area contributed by atoms with Crippen molar-refractivity contribution < 1.29 is 9.90 Å². The fourth-order valence-electron chi connectivity index (χ4n) is 1.64. The van der Waals surface area contributed by atoms with Gasteiger partial charge in [-0.1, -0.05) is 37.3 Å². The van der Waals surface area contributed by atoms with Crippen LogP contribution in [0.2, 0.25) is 0 Å². The van der Waals surface area contributed by atoms with Gasteiger partial charge in [-0.15, -0.1) is 23.1 Å². The summed E-state index contributed by atoms with van der Waals surface area (Å²) in [7, 11) is 0. The van der Waals surface area contributed by atoms with Crippen LogP contribution in [0.25, 0.3) is 10.6 Å². The summed E-state index contributed by atoms with van der Waals surface area (Å²) in [5.74, 6) is -0.0975. The molecule has 0 radical (unpaired) electrons. The molecule has 1 aromatic carbocycles. The third-order valence-electron chi connectivity index (χ3n) is 2.65. The Bertz CT molecular complexity index is 539. The number of thiazole rings is 1. The van der Waals surface area contributed by atoms with Crippen molar-refractivity contribution in [1.29, 1.82) is 0 Å². The van der Waals surface area contributed by atoms with Crippen LogP contribution >= 0.6 is 23.1 Å². The van der Waals surface area contributed by atoms with E-state index in [-0.39, 0.29) is 5.25 Å². The number of carbonyl (C=O) groups is 1. The summed E-state index contributed by atoms with van der Waals surface area (Å²) < 4.78 is 0. The van der Waals surface area contributed by atoms with Crippen LogP contribution in [0.4, 0.5) is 0 Å². The van der Waals surface area contributed by atoms with Gasteiger partial charge in [0.25, 0.3) is 0 Å². The van der Waals surface area contributed by atoms with Crippen molar-refractivity contribution in [3.8, 4) is 10.6 Å². The van der Waals surface area contributed by atoms with E-state index in [0.29, 0.717) is 12.2 Å². The molecule has 1 atom stereocenters. The van der Waals surface area contributed by atoms with Crippen molar-refractivity contribution in [2.24, 2.45) is 0 Å². The lowest BCUT2D eigenvalue weighted by Crippen LogP contribution is -2.15. The Morgan fingerprint density at radius 3 is 2.79 bits per heavy atom. The van der Waals surface area contributed by atoms with E-state index in [9.17, 15) is 4.79 Å². The maximum atomic E-state index is 10.9. The zero-order valence-corrected chi connectivity index (χ0v) is 12.2. The molecule has 1 N–H and O–H groups in total. The first kappa shape index (κ1) is 14.1. The largest absolute Gasteiger partial charge is 0.480 e. The van der Waals surface area contributed by atoms with Crippen molar-refractivity contribution in [2.45, 2.75) is 24.3 Å². The summed E-state index contributed by atoms with van der Waals surface area (Å²) in [6.07, 6.45) is 0.635. The second-order valence-electron chi connectivity index (χ2n) is 4.06. The number of rotatable bonds is 6. The van der Waals surface area contributed by atoms with Crippen LogP contribution in [0.1, 0.15) is 19.0 Å². The molecule has 0 aliphatic heterocycles. The number of carboxylic acid groups (broad SMARTS) is 1. The topological polar surface area (TPSA) is 50.2 Å². The lowest BCUT2D eigenvalue weighted by Gasteiger charge is -2.07. The molecule has 2 aromatic rings. The van der Waals surface area contributed by atoms with Crippen molar-refractivity contribution in [1.82, 2.24) is 4.98 Å².